The first-order valence-electron chi connectivity index (χ1n) is 6.13. The Morgan fingerprint density at radius 2 is 2.11 bits per heavy atom. The van der Waals surface area contributed by atoms with Gasteiger partial charge in [0.05, 0.1) is 0 Å². The Hall–Kier alpha value is -1.78. The summed E-state index contributed by atoms with van der Waals surface area (Å²) >= 11 is 0. The van der Waals surface area contributed by atoms with Crippen molar-refractivity contribution in [2.45, 2.75) is 33.6 Å². The lowest BCUT2D eigenvalue weighted by Gasteiger charge is -2.08. The van der Waals surface area contributed by atoms with Crippen LogP contribution in [0.25, 0.3) is 0 Å². The molecule has 1 rings (SSSR count). The topological polar surface area (TPSA) is 79.5 Å². The molecule has 1 atom stereocenters. The maximum Gasteiger partial charge on any atom is 0.339 e. The highest BCUT2D eigenvalue weighted by Crippen LogP contribution is 2.16. The molecule has 18 heavy (non-hydrogen) atoms. The number of aryl methyl sites for hydroxylation is 1. The average molecular weight is 253 g/mol. The number of furan rings is 1. The number of rotatable bonds is 6. The van der Waals surface area contributed by atoms with Gasteiger partial charge in [-0.1, -0.05) is 27.2 Å². The maximum atomic E-state index is 11.8. The molecule has 0 aromatic carbocycles. The lowest BCUT2D eigenvalue weighted by atomic mass is 10.1. The minimum Gasteiger partial charge on any atom is -0.478 e. The van der Waals surface area contributed by atoms with Crippen LogP contribution in [0.1, 0.15) is 53.9 Å². The highest BCUT2D eigenvalue weighted by molar-refractivity contribution is 5.96. The van der Waals surface area contributed by atoms with Gasteiger partial charge in [0.25, 0.3) is 5.91 Å². The van der Waals surface area contributed by atoms with Crippen molar-refractivity contribution in [3.63, 3.8) is 0 Å². The molecule has 100 valence electrons. The molecule has 1 unspecified atom stereocenters. The Labute approximate surface area is 106 Å². The fraction of sp³-hybridized carbons (Fsp3) is 0.538. The molecule has 0 radical (unpaired) electrons. The monoisotopic (exact) mass is 253 g/mol. The number of nitrogens with one attached hydrogen (secondary N) is 1. The summed E-state index contributed by atoms with van der Waals surface area (Å²) in [6.07, 6.45) is 1.42. The summed E-state index contributed by atoms with van der Waals surface area (Å²) in [5.74, 6) is -0.661. The molecule has 0 bridgehead atoms. The predicted octanol–water partition coefficient (Wildman–Crippen LogP) is 2.32. The molecule has 0 spiro atoms. The van der Waals surface area contributed by atoms with Gasteiger partial charge < -0.3 is 14.8 Å². The lowest BCUT2D eigenvalue weighted by molar-refractivity contribution is 0.0694. The zero-order valence-electron chi connectivity index (χ0n) is 10.9. The van der Waals surface area contributed by atoms with Crippen molar-refractivity contribution in [1.82, 2.24) is 5.32 Å². The van der Waals surface area contributed by atoms with E-state index in [1.165, 1.54) is 6.07 Å². The van der Waals surface area contributed by atoms with Gasteiger partial charge in [0.1, 0.15) is 11.3 Å². The van der Waals surface area contributed by atoms with E-state index < -0.39 is 5.97 Å². The van der Waals surface area contributed by atoms with E-state index in [4.69, 9.17) is 9.52 Å². The van der Waals surface area contributed by atoms with E-state index in [1.54, 1.807) is 6.92 Å². The minimum atomic E-state index is -1.07. The summed E-state index contributed by atoms with van der Waals surface area (Å²) in [5, 5.41) is 11.7. The van der Waals surface area contributed by atoms with Crippen molar-refractivity contribution in [3.8, 4) is 0 Å². The lowest BCUT2D eigenvalue weighted by Crippen LogP contribution is -2.27. The first-order chi connectivity index (χ1) is 8.49. The normalized spacial score (nSPS) is 12.2. The van der Waals surface area contributed by atoms with E-state index in [0.717, 1.165) is 6.42 Å². The number of hydrogen-bond donors (Lipinski definition) is 2. The van der Waals surface area contributed by atoms with Crippen LogP contribution in [0.5, 0.6) is 0 Å². The summed E-state index contributed by atoms with van der Waals surface area (Å²) in [4.78, 5) is 22.7. The third-order valence-electron chi connectivity index (χ3n) is 2.89. The molecule has 0 aliphatic carbocycles. The smallest absolute Gasteiger partial charge is 0.339 e. The standard InChI is InChI=1S/C13H19NO4/c1-4-8(3)7-14-12(15)11-6-9(13(16)17)10(5-2)18-11/h6,8H,4-5,7H2,1-3H3,(H,14,15)(H,16,17). The Morgan fingerprint density at radius 3 is 2.56 bits per heavy atom. The minimum absolute atomic E-state index is 0.0613. The number of carboxylic acid groups (broad SMARTS) is 1. The molecule has 5 heteroatoms. The van der Waals surface area contributed by atoms with Crippen molar-refractivity contribution in [2.24, 2.45) is 5.92 Å². The molecule has 1 amide bonds. The number of aromatic carboxylic acids is 1. The Balaban J connectivity index is 2.77. The van der Waals surface area contributed by atoms with Crippen LogP contribution in [0.3, 0.4) is 0 Å². The van der Waals surface area contributed by atoms with Crippen molar-refractivity contribution in [2.75, 3.05) is 6.54 Å². The summed E-state index contributed by atoms with van der Waals surface area (Å²) in [7, 11) is 0. The summed E-state index contributed by atoms with van der Waals surface area (Å²) in [6, 6.07) is 1.28. The van der Waals surface area contributed by atoms with Gasteiger partial charge >= 0.3 is 5.97 Å². The van der Waals surface area contributed by atoms with E-state index in [2.05, 4.69) is 5.32 Å². The second-order valence-corrected chi connectivity index (χ2v) is 4.33. The molecule has 2 N–H and O–H groups in total. The van der Waals surface area contributed by atoms with Crippen LogP contribution in [0, 0.1) is 5.92 Å². The van der Waals surface area contributed by atoms with Gasteiger partial charge in [0, 0.05) is 19.0 Å². The molecule has 0 fully saturated rings. The van der Waals surface area contributed by atoms with Crippen molar-refractivity contribution < 1.29 is 19.1 Å². The first-order valence-corrected chi connectivity index (χ1v) is 6.13. The fourth-order valence-corrected chi connectivity index (χ4v) is 1.48. The van der Waals surface area contributed by atoms with E-state index in [0.29, 0.717) is 24.6 Å². The number of carbonyl (C=O) groups excluding carboxylic acids is 1. The Morgan fingerprint density at radius 1 is 1.44 bits per heavy atom. The van der Waals surface area contributed by atoms with E-state index >= 15 is 0 Å². The Bertz CT molecular complexity index is 436. The SMILES string of the molecule is CCc1oc(C(=O)NCC(C)CC)cc1C(=O)O. The third kappa shape index (κ3) is 3.35. The zero-order valence-corrected chi connectivity index (χ0v) is 10.9. The second kappa shape index (κ2) is 6.23. The molecule has 1 aromatic rings. The molecular formula is C13H19NO4. The molecule has 5 nitrogen and oxygen atoms in total. The van der Waals surface area contributed by atoms with Crippen LogP contribution in [0.4, 0.5) is 0 Å². The van der Waals surface area contributed by atoms with Crippen LogP contribution < -0.4 is 5.32 Å². The molecule has 1 aromatic heterocycles. The van der Waals surface area contributed by atoms with Crippen LogP contribution in [0.15, 0.2) is 10.5 Å². The number of carbonyl (C=O) groups is 2. The van der Waals surface area contributed by atoms with Crippen LogP contribution in [-0.2, 0) is 6.42 Å². The van der Waals surface area contributed by atoms with Gasteiger partial charge in [-0.25, -0.2) is 4.79 Å². The molecule has 1 heterocycles. The molecular weight excluding hydrogens is 234 g/mol. The van der Waals surface area contributed by atoms with Crippen molar-refractivity contribution in [3.05, 3.63) is 23.2 Å². The number of hydrogen-bond acceptors (Lipinski definition) is 3. The molecule has 0 aliphatic rings. The average Bonchev–Trinajstić information content (AvgIpc) is 2.79. The number of carboxylic acids is 1. The predicted molar refractivity (Wildman–Crippen MR) is 66.8 cm³/mol. The van der Waals surface area contributed by atoms with Gasteiger partial charge in [-0.3, -0.25) is 4.79 Å². The van der Waals surface area contributed by atoms with Crippen LogP contribution in [0.2, 0.25) is 0 Å². The maximum absolute atomic E-state index is 11.8. The Kier molecular flexibility index (Phi) is 4.95. The summed E-state index contributed by atoms with van der Waals surface area (Å²) in [5.41, 5.74) is 0.0613. The highest BCUT2D eigenvalue weighted by atomic mass is 16.4. The fourth-order valence-electron chi connectivity index (χ4n) is 1.48. The van der Waals surface area contributed by atoms with E-state index in [-0.39, 0.29) is 17.2 Å². The quantitative estimate of drug-likeness (QED) is 0.815. The van der Waals surface area contributed by atoms with E-state index in [1.807, 2.05) is 13.8 Å². The second-order valence-electron chi connectivity index (χ2n) is 4.33. The van der Waals surface area contributed by atoms with Crippen molar-refractivity contribution >= 4 is 11.9 Å². The number of amides is 1. The van der Waals surface area contributed by atoms with Gasteiger partial charge in [-0.2, -0.15) is 0 Å². The highest BCUT2D eigenvalue weighted by Gasteiger charge is 2.19. The van der Waals surface area contributed by atoms with Gasteiger partial charge in [-0.15, -0.1) is 0 Å². The largest absolute Gasteiger partial charge is 0.478 e. The molecule has 0 saturated carbocycles. The summed E-state index contributed by atoms with van der Waals surface area (Å²) in [6.45, 7) is 6.41. The van der Waals surface area contributed by atoms with Gasteiger partial charge in [0.2, 0.25) is 0 Å². The van der Waals surface area contributed by atoms with Crippen LogP contribution in [-0.4, -0.2) is 23.5 Å². The van der Waals surface area contributed by atoms with Gasteiger partial charge in [-0.05, 0) is 5.92 Å². The molecule has 0 saturated heterocycles. The third-order valence-corrected chi connectivity index (χ3v) is 2.89. The zero-order chi connectivity index (χ0) is 13.7. The van der Waals surface area contributed by atoms with E-state index in [9.17, 15) is 9.59 Å². The van der Waals surface area contributed by atoms with Gasteiger partial charge in [0.15, 0.2) is 5.76 Å². The molecule has 0 aliphatic heterocycles. The first kappa shape index (κ1) is 14.3. The van der Waals surface area contributed by atoms with Crippen molar-refractivity contribution in [1.29, 1.82) is 0 Å². The van der Waals surface area contributed by atoms with Crippen LogP contribution >= 0.6 is 0 Å². The summed E-state index contributed by atoms with van der Waals surface area (Å²) < 4.78 is 5.26.